The van der Waals surface area contributed by atoms with Crippen molar-refractivity contribution in [3.8, 4) is 22.6 Å². The van der Waals surface area contributed by atoms with Gasteiger partial charge in [0.2, 0.25) is 0 Å². The molecule has 0 fully saturated rings. The minimum Gasteiger partial charge on any atom is -0.493 e. The lowest BCUT2D eigenvalue weighted by atomic mass is 10.1. The first-order valence-corrected chi connectivity index (χ1v) is 9.55. The van der Waals surface area contributed by atoms with E-state index in [9.17, 15) is 4.79 Å². The van der Waals surface area contributed by atoms with Crippen molar-refractivity contribution in [2.45, 2.75) is 6.42 Å². The van der Waals surface area contributed by atoms with Crippen molar-refractivity contribution in [2.24, 2.45) is 0 Å². The zero-order chi connectivity index (χ0) is 20.4. The van der Waals surface area contributed by atoms with E-state index in [1.54, 1.807) is 25.3 Å². The number of hydrogen-bond acceptors (Lipinski definition) is 4. The molecule has 0 radical (unpaired) electrons. The van der Waals surface area contributed by atoms with Gasteiger partial charge in [-0.2, -0.15) is 0 Å². The fourth-order valence-corrected chi connectivity index (χ4v) is 3.75. The Morgan fingerprint density at radius 2 is 1.66 bits per heavy atom. The fourth-order valence-electron chi connectivity index (χ4n) is 3.54. The monoisotopic (exact) mass is 404 g/mol. The van der Waals surface area contributed by atoms with Crippen LogP contribution >= 0.6 is 12.2 Å². The summed E-state index contributed by atoms with van der Waals surface area (Å²) < 4.78 is 10.4. The molecule has 5 nitrogen and oxygen atoms in total. The lowest BCUT2D eigenvalue weighted by molar-refractivity contribution is 0.0977. The van der Waals surface area contributed by atoms with Gasteiger partial charge in [0.15, 0.2) is 16.6 Å². The molecule has 0 saturated heterocycles. The maximum Gasteiger partial charge on any atom is 0.257 e. The Morgan fingerprint density at radius 3 is 2.45 bits per heavy atom. The Bertz CT molecular complexity index is 1110. The highest BCUT2D eigenvalue weighted by atomic mass is 32.1. The van der Waals surface area contributed by atoms with Crippen molar-refractivity contribution in [2.75, 3.05) is 19.5 Å². The maximum absolute atomic E-state index is 12.5. The summed E-state index contributed by atoms with van der Waals surface area (Å²) in [5.41, 5.74) is 6.35. The minimum atomic E-state index is -0.322. The van der Waals surface area contributed by atoms with Crippen LogP contribution in [-0.4, -0.2) is 25.2 Å². The molecule has 0 heterocycles. The van der Waals surface area contributed by atoms with E-state index in [0.29, 0.717) is 17.1 Å². The third-order valence-corrected chi connectivity index (χ3v) is 5.13. The number of anilines is 1. The first-order valence-electron chi connectivity index (χ1n) is 9.14. The molecule has 0 aromatic heterocycles. The largest absolute Gasteiger partial charge is 0.493 e. The Morgan fingerprint density at radius 1 is 0.897 bits per heavy atom. The van der Waals surface area contributed by atoms with E-state index in [0.717, 1.165) is 12.1 Å². The van der Waals surface area contributed by atoms with Crippen molar-refractivity contribution >= 4 is 28.9 Å². The summed E-state index contributed by atoms with van der Waals surface area (Å²) in [6.07, 6.45) is 0.895. The number of ether oxygens (including phenoxy) is 2. The molecule has 6 heteroatoms. The highest BCUT2D eigenvalue weighted by Crippen LogP contribution is 2.37. The average Bonchev–Trinajstić information content (AvgIpc) is 3.10. The van der Waals surface area contributed by atoms with Crippen LogP contribution in [0.15, 0.2) is 60.7 Å². The van der Waals surface area contributed by atoms with E-state index in [-0.39, 0.29) is 11.0 Å². The first-order chi connectivity index (χ1) is 14.1. The minimum absolute atomic E-state index is 0.236. The number of hydrogen-bond donors (Lipinski definition) is 2. The molecule has 0 spiro atoms. The van der Waals surface area contributed by atoms with E-state index < -0.39 is 0 Å². The maximum atomic E-state index is 12.5. The summed E-state index contributed by atoms with van der Waals surface area (Å²) in [7, 11) is 3.07. The molecule has 0 unspecified atom stereocenters. The number of carbonyl (C=O) groups is 1. The van der Waals surface area contributed by atoms with E-state index in [2.05, 4.69) is 47.0 Å². The third kappa shape index (κ3) is 3.79. The first kappa shape index (κ1) is 19.0. The normalized spacial score (nSPS) is 11.2. The zero-order valence-corrected chi connectivity index (χ0v) is 16.9. The molecule has 3 aromatic rings. The van der Waals surface area contributed by atoms with Crippen molar-refractivity contribution in [3.63, 3.8) is 0 Å². The highest BCUT2D eigenvalue weighted by Gasteiger charge is 2.18. The molecule has 1 amide bonds. The Hall–Kier alpha value is -3.38. The van der Waals surface area contributed by atoms with Crippen LogP contribution in [-0.2, 0) is 6.42 Å². The van der Waals surface area contributed by atoms with Crippen molar-refractivity contribution in [3.05, 3.63) is 77.4 Å². The van der Waals surface area contributed by atoms with Crippen molar-refractivity contribution in [1.29, 1.82) is 0 Å². The smallest absolute Gasteiger partial charge is 0.257 e. The quantitative estimate of drug-likeness (QED) is 0.494. The molecule has 0 aliphatic heterocycles. The van der Waals surface area contributed by atoms with Crippen LogP contribution in [0.5, 0.6) is 11.5 Å². The van der Waals surface area contributed by atoms with E-state index in [1.165, 1.54) is 29.4 Å². The number of fused-ring (bicyclic) bond motifs is 3. The molecule has 1 aliphatic rings. The van der Waals surface area contributed by atoms with Gasteiger partial charge in [0.25, 0.3) is 5.91 Å². The van der Waals surface area contributed by atoms with Gasteiger partial charge in [-0.1, -0.05) is 30.3 Å². The van der Waals surface area contributed by atoms with Gasteiger partial charge in [-0.05, 0) is 71.2 Å². The van der Waals surface area contributed by atoms with Crippen LogP contribution < -0.4 is 20.1 Å². The van der Waals surface area contributed by atoms with Gasteiger partial charge >= 0.3 is 0 Å². The molecule has 146 valence electrons. The second-order valence-corrected chi connectivity index (χ2v) is 7.09. The van der Waals surface area contributed by atoms with Gasteiger partial charge in [0, 0.05) is 11.3 Å². The number of rotatable bonds is 4. The Balaban J connectivity index is 1.44. The second-order valence-electron chi connectivity index (χ2n) is 6.68. The third-order valence-electron chi connectivity index (χ3n) is 4.92. The number of methoxy groups -OCH3 is 2. The Labute approximate surface area is 174 Å². The van der Waals surface area contributed by atoms with E-state index in [1.807, 2.05) is 6.07 Å². The molecule has 29 heavy (non-hydrogen) atoms. The van der Waals surface area contributed by atoms with E-state index in [4.69, 9.17) is 21.7 Å². The molecular weight excluding hydrogens is 384 g/mol. The number of nitrogens with one attached hydrogen (secondary N) is 2. The number of benzene rings is 3. The zero-order valence-electron chi connectivity index (χ0n) is 16.1. The van der Waals surface area contributed by atoms with Crippen molar-refractivity contribution in [1.82, 2.24) is 5.32 Å². The highest BCUT2D eigenvalue weighted by molar-refractivity contribution is 7.80. The van der Waals surface area contributed by atoms with Crippen LogP contribution in [0.1, 0.15) is 21.5 Å². The predicted octanol–water partition coefficient (Wildman–Crippen LogP) is 4.40. The predicted molar refractivity (Wildman–Crippen MR) is 118 cm³/mol. The van der Waals surface area contributed by atoms with Crippen LogP contribution in [0.3, 0.4) is 0 Å². The molecule has 2 N–H and O–H groups in total. The Kier molecular flexibility index (Phi) is 5.18. The SMILES string of the molecule is COc1ccc(C(=O)NC(=S)Nc2ccc3c(c2)Cc2ccccc2-3)cc1OC. The van der Waals surface area contributed by atoms with Gasteiger partial charge in [0.1, 0.15) is 0 Å². The standard InChI is InChI=1S/C23H20N2O3S/c1-27-20-10-7-15(13-21(20)28-2)22(26)25-23(29)24-17-8-9-19-16(12-17)11-14-5-3-4-6-18(14)19/h3-10,12-13H,11H2,1-2H3,(H2,24,25,26,29). The molecule has 0 saturated carbocycles. The molecule has 0 atom stereocenters. The lowest BCUT2D eigenvalue weighted by Gasteiger charge is -2.12. The number of carbonyl (C=O) groups excluding carboxylic acids is 1. The molecular formula is C23H20N2O3S. The molecule has 3 aromatic carbocycles. The molecule has 4 rings (SSSR count). The summed E-state index contributed by atoms with van der Waals surface area (Å²) in [4.78, 5) is 12.5. The van der Waals surface area contributed by atoms with Gasteiger partial charge in [-0.25, -0.2) is 0 Å². The molecule has 1 aliphatic carbocycles. The summed E-state index contributed by atoms with van der Waals surface area (Å²) in [6.45, 7) is 0. The molecule has 0 bridgehead atoms. The van der Waals surface area contributed by atoms with Crippen LogP contribution in [0.25, 0.3) is 11.1 Å². The van der Waals surface area contributed by atoms with Crippen molar-refractivity contribution < 1.29 is 14.3 Å². The number of amides is 1. The van der Waals surface area contributed by atoms with Crippen LogP contribution in [0.2, 0.25) is 0 Å². The fraction of sp³-hybridized carbons (Fsp3) is 0.130. The van der Waals surface area contributed by atoms with Gasteiger partial charge in [-0.3, -0.25) is 10.1 Å². The summed E-state index contributed by atoms with van der Waals surface area (Å²) in [6, 6.07) is 19.5. The van der Waals surface area contributed by atoms with Gasteiger partial charge in [-0.15, -0.1) is 0 Å². The topological polar surface area (TPSA) is 59.6 Å². The number of thiocarbonyl (C=S) groups is 1. The lowest BCUT2D eigenvalue weighted by Crippen LogP contribution is -2.34. The average molecular weight is 404 g/mol. The van der Waals surface area contributed by atoms with E-state index >= 15 is 0 Å². The second kappa shape index (κ2) is 7.93. The summed E-state index contributed by atoms with van der Waals surface area (Å²) in [5, 5.41) is 6.03. The van der Waals surface area contributed by atoms with Crippen LogP contribution in [0.4, 0.5) is 5.69 Å². The summed E-state index contributed by atoms with van der Waals surface area (Å²) >= 11 is 5.32. The van der Waals surface area contributed by atoms with Crippen LogP contribution in [0, 0.1) is 0 Å². The summed E-state index contributed by atoms with van der Waals surface area (Å²) in [5.74, 6) is 0.720. The van der Waals surface area contributed by atoms with Gasteiger partial charge < -0.3 is 14.8 Å². The van der Waals surface area contributed by atoms with Gasteiger partial charge in [0.05, 0.1) is 14.2 Å².